The van der Waals surface area contributed by atoms with Crippen LogP contribution in [0.5, 0.6) is 0 Å². The molecule has 1 aliphatic rings. The van der Waals surface area contributed by atoms with Gasteiger partial charge in [-0.15, -0.1) is 0 Å². The van der Waals surface area contributed by atoms with E-state index in [9.17, 15) is 4.39 Å². The lowest BCUT2D eigenvalue weighted by atomic mass is 10.00. The molecule has 5 nitrogen and oxygen atoms in total. The van der Waals surface area contributed by atoms with E-state index >= 15 is 0 Å². The largest absolute Gasteiger partial charge is 0.409 e. The van der Waals surface area contributed by atoms with Gasteiger partial charge in [0, 0.05) is 32.7 Å². The lowest BCUT2D eigenvalue weighted by Crippen LogP contribution is -2.59. The Kier molecular flexibility index (Phi) is 4.80. The molecule has 1 saturated heterocycles. The van der Waals surface area contributed by atoms with Crippen molar-refractivity contribution >= 4 is 5.84 Å². The first-order chi connectivity index (χ1) is 9.93. The molecule has 0 spiro atoms. The Morgan fingerprint density at radius 1 is 1.24 bits per heavy atom. The third-order valence-electron chi connectivity index (χ3n) is 4.22. The number of nitrogens with two attached hydrogens (primary N) is 1. The highest BCUT2D eigenvalue weighted by molar-refractivity contribution is 5.88. The van der Waals surface area contributed by atoms with E-state index in [4.69, 9.17) is 10.9 Å². The predicted molar refractivity (Wildman–Crippen MR) is 80.7 cm³/mol. The molecule has 0 aromatic heterocycles. The second-order valence-electron chi connectivity index (χ2n) is 5.93. The predicted octanol–water partition coefficient (Wildman–Crippen LogP) is 1.47. The Hall–Kier alpha value is -1.66. The van der Waals surface area contributed by atoms with Gasteiger partial charge in [0.15, 0.2) is 5.84 Å². The van der Waals surface area contributed by atoms with Crippen LogP contribution in [0.15, 0.2) is 29.4 Å². The molecule has 1 aliphatic heterocycles. The van der Waals surface area contributed by atoms with Crippen molar-refractivity contribution in [1.29, 1.82) is 0 Å². The van der Waals surface area contributed by atoms with E-state index in [2.05, 4.69) is 15.0 Å². The third-order valence-corrected chi connectivity index (χ3v) is 4.22. The van der Waals surface area contributed by atoms with Crippen LogP contribution < -0.4 is 5.73 Å². The summed E-state index contributed by atoms with van der Waals surface area (Å²) in [5.74, 6) is 0.0265. The molecule has 0 aliphatic carbocycles. The normalized spacial score (nSPS) is 18.9. The molecule has 1 aromatic carbocycles. The van der Waals surface area contributed by atoms with Gasteiger partial charge in [-0.1, -0.05) is 17.3 Å². The Morgan fingerprint density at radius 3 is 2.33 bits per heavy atom. The van der Waals surface area contributed by atoms with Gasteiger partial charge in [0.25, 0.3) is 0 Å². The molecule has 1 aromatic rings. The number of amidine groups is 1. The van der Waals surface area contributed by atoms with Crippen molar-refractivity contribution in [3.8, 4) is 0 Å². The Bertz CT molecular complexity index is 493. The average molecular weight is 294 g/mol. The Balaban J connectivity index is 1.90. The number of piperazine rings is 1. The van der Waals surface area contributed by atoms with Crippen LogP contribution in [0.4, 0.5) is 4.39 Å². The van der Waals surface area contributed by atoms with E-state index in [1.807, 2.05) is 26.0 Å². The molecule has 21 heavy (non-hydrogen) atoms. The molecule has 0 saturated carbocycles. The molecule has 0 atom stereocenters. The minimum Gasteiger partial charge on any atom is -0.409 e. The summed E-state index contributed by atoms with van der Waals surface area (Å²) < 4.78 is 12.9. The SMILES string of the molecule is CC(C)(C(N)=NO)N1CCN(Cc2ccc(F)cc2)CC1. The highest BCUT2D eigenvalue weighted by Crippen LogP contribution is 2.18. The minimum absolute atomic E-state index is 0.205. The van der Waals surface area contributed by atoms with E-state index in [1.54, 1.807) is 0 Å². The zero-order chi connectivity index (χ0) is 15.5. The maximum Gasteiger partial charge on any atom is 0.159 e. The topological polar surface area (TPSA) is 65.1 Å². The number of halogens is 1. The van der Waals surface area contributed by atoms with Crippen LogP contribution in [0.25, 0.3) is 0 Å². The number of hydrogen-bond acceptors (Lipinski definition) is 4. The highest BCUT2D eigenvalue weighted by atomic mass is 19.1. The smallest absolute Gasteiger partial charge is 0.159 e. The van der Waals surface area contributed by atoms with Crippen LogP contribution in [-0.2, 0) is 6.54 Å². The van der Waals surface area contributed by atoms with Crippen molar-refractivity contribution in [2.75, 3.05) is 26.2 Å². The van der Waals surface area contributed by atoms with Crippen molar-refractivity contribution in [3.63, 3.8) is 0 Å². The van der Waals surface area contributed by atoms with Crippen LogP contribution in [-0.4, -0.2) is 52.6 Å². The maximum absolute atomic E-state index is 12.9. The molecule has 116 valence electrons. The van der Waals surface area contributed by atoms with Crippen LogP contribution in [0.3, 0.4) is 0 Å². The van der Waals surface area contributed by atoms with E-state index in [0.717, 1.165) is 38.3 Å². The summed E-state index contributed by atoms with van der Waals surface area (Å²) in [6.45, 7) is 8.24. The molecule has 1 heterocycles. The minimum atomic E-state index is -0.448. The Morgan fingerprint density at radius 2 is 1.81 bits per heavy atom. The van der Waals surface area contributed by atoms with E-state index in [0.29, 0.717) is 0 Å². The van der Waals surface area contributed by atoms with Gasteiger partial charge in [0.1, 0.15) is 5.82 Å². The van der Waals surface area contributed by atoms with Crippen LogP contribution in [0.1, 0.15) is 19.4 Å². The van der Waals surface area contributed by atoms with Gasteiger partial charge in [-0.3, -0.25) is 9.80 Å². The monoisotopic (exact) mass is 294 g/mol. The van der Waals surface area contributed by atoms with Crippen LogP contribution >= 0.6 is 0 Å². The van der Waals surface area contributed by atoms with Gasteiger partial charge in [0.05, 0.1) is 5.54 Å². The van der Waals surface area contributed by atoms with Crippen molar-refractivity contribution < 1.29 is 9.60 Å². The van der Waals surface area contributed by atoms with Gasteiger partial charge in [-0.25, -0.2) is 4.39 Å². The molecule has 3 N–H and O–H groups in total. The van der Waals surface area contributed by atoms with Crippen LogP contribution in [0, 0.1) is 5.82 Å². The van der Waals surface area contributed by atoms with Gasteiger partial charge < -0.3 is 10.9 Å². The van der Waals surface area contributed by atoms with Crippen LogP contribution in [0.2, 0.25) is 0 Å². The quantitative estimate of drug-likeness (QED) is 0.382. The molecular weight excluding hydrogens is 271 g/mol. The first-order valence-electron chi connectivity index (χ1n) is 7.13. The van der Waals surface area contributed by atoms with E-state index in [-0.39, 0.29) is 11.7 Å². The zero-order valence-corrected chi connectivity index (χ0v) is 12.6. The summed E-state index contributed by atoms with van der Waals surface area (Å²) in [6, 6.07) is 6.63. The first kappa shape index (κ1) is 15.7. The maximum atomic E-state index is 12.9. The number of hydrogen-bond donors (Lipinski definition) is 2. The molecule has 6 heteroatoms. The summed E-state index contributed by atoms with van der Waals surface area (Å²) in [6.07, 6.45) is 0. The standard InChI is InChI=1S/C15H23FN4O/c1-15(2,14(17)18-21)20-9-7-19(8-10-20)11-12-3-5-13(16)6-4-12/h3-6,21H,7-11H2,1-2H3,(H2,17,18). The molecule has 0 bridgehead atoms. The number of nitrogens with zero attached hydrogens (tertiary/aromatic N) is 3. The zero-order valence-electron chi connectivity index (χ0n) is 12.6. The molecule has 1 fully saturated rings. The summed E-state index contributed by atoms with van der Waals surface area (Å²) in [7, 11) is 0. The average Bonchev–Trinajstić information content (AvgIpc) is 2.49. The summed E-state index contributed by atoms with van der Waals surface area (Å²) in [5.41, 5.74) is 6.43. The summed E-state index contributed by atoms with van der Waals surface area (Å²) in [5, 5.41) is 12.0. The first-order valence-corrected chi connectivity index (χ1v) is 7.13. The van der Waals surface area contributed by atoms with Crippen molar-refractivity contribution in [2.45, 2.75) is 25.9 Å². The van der Waals surface area contributed by atoms with Gasteiger partial charge in [-0.2, -0.15) is 0 Å². The van der Waals surface area contributed by atoms with Gasteiger partial charge in [-0.05, 0) is 31.5 Å². The van der Waals surface area contributed by atoms with E-state index in [1.165, 1.54) is 12.1 Å². The van der Waals surface area contributed by atoms with E-state index < -0.39 is 5.54 Å². The molecule has 0 radical (unpaired) electrons. The number of benzene rings is 1. The van der Waals surface area contributed by atoms with Gasteiger partial charge >= 0.3 is 0 Å². The number of rotatable bonds is 4. The molecule has 2 rings (SSSR count). The van der Waals surface area contributed by atoms with Crippen molar-refractivity contribution in [3.05, 3.63) is 35.6 Å². The summed E-state index contributed by atoms with van der Waals surface area (Å²) >= 11 is 0. The number of oxime groups is 1. The second kappa shape index (κ2) is 6.41. The lowest BCUT2D eigenvalue weighted by Gasteiger charge is -2.43. The third kappa shape index (κ3) is 3.71. The summed E-state index contributed by atoms with van der Waals surface area (Å²) in [4.78, 5) is 4.54. The lowest BCUT2D eigenvalue weighted by molar-refractivity contribution is 0.0794. The van der Waals surface area contributed by atoms with Gasteiger partial charge in [0.2, 0.25) is 0 Å². The van der Waals surface area contributed by atoms with Crippen molar-refractivity contribution in [1.82, 2.24) is 9.80 Å². The molecule has 0 unspecified atom stereocenters. The highest BCUT2D eigenvalue weighted by Gasteiger charge is 2.33. The fourth-order valence-electron chi connectivity index (χ4n) is 2.60. The molecule has 0 amide bonds. The Labute approximate surface area is 124 Å². The fourth-order valence-corrected chi connectivity index (χ4v) is 2.60. The second-order valence-corrected chi connectivity index (χ2v) is 5.93. The fraction of sp³-hybridized carbons (Fsp3) is 0.533. The molecular formula is C15H23FN4O. The van der Waals surface area contributed by atoms with Crippen molar-refractivity contribution in [2.24, 2.45) is 10.9 Å².